The van der Waals surface area contributed by atoms with Gasteiger partial charge in [-0.25, -0.2) is 4.99 Å². The third-order valence-corrected chi connectivity index (χ3v) is 4.12. The summed E-state index contributed by atoms with van der Waals surface area (Å²) in [7, 11) is 1.65. The summed E-state index contributed by atoms with van der Waals surface area (Å²) in [6.07, 6.45) is 0. The molecule has 0 atom stereocenters. The summed E-state index contributed by atoms with van der Waals surface area (Å²) >= 11 is 0. The largest absolute Gasteiger partial charge is 0.493 e. The Kier molecular flexibility index (Phi) is 12.2. The van der Waals surface area contributed by atoms with Crippen molar-refractivity contribution < 1.29 is 14.2 Å². The first-order valence-electron chi connectivity index (χ1n) is 9.38. The number of rotatable bonds is 9. The molecule has 0 radical (unpaired) electrons. The Morgan fingerprint density at radius 1 is 1.19 bits per heavy atom. The fourth-order valence-electron chi connectivity index (χ4n) is 2.75. The van der Waals surface area contributed by atoms with Crippen LogP contribution < -0.4 is 20.1 Å². The van der Waals surface area contributed by atoms with Crippen molar-refractivity contribution in [3.05, 3.63) is 23.8 Å². The molecule has 1 aliphatic heterocycles. The van der Waals surface area contributed by atoms with Crippen molar-refractivity contribution >= 4 is 29.9 Å². The topological polar surface area (TPSA) is 67.4 Å². The van der Waals surface area contributed by atoms with Gasteiger partial charge in [0.15, 0.2) is 17.5 Å². The maximum atomic E-state index is 5.56. The first-order valence-corrected chi connectivity index (χ1v) is 9.38. The number of nitrogens with one attached hydrogen (secondary N) is 2. The normalized spacial score (nSPS) is 15.0. The second-order valence-electron chi connectivity index (χ2n) is 5.99. The van der Waals surface area contributed by atoms with Crippen molar-refractivity contribution in [1.29, 1.82) is 0 Å². The van der Waals surface area contributed by atoms with Crippen LogP contribution >= 0.6 is 24.0 Å². The Bertz CT molecular complexity index is 566. The lowest BCUT2D eigenvalue weighted by Gasteiger charge is -2.26. The van der Waals surface area contributed by atoms with Gasteiger partial charge < -0.3 is 24.8 Å². The number of hydrogen-bond donors (Lipinski definition) is 2. The first kappa shape index (κ1) is 23.8. The van der Waals surface area contributed by atoms with Gasteiger partial charge in [-0.2, -0.15) is 0 Å². The molecule has 0 amide bonds. The van der Waals surface area contributed by atoms with Crippen LogP contribution in [0.15, 0.2) is 23.2 Å². The van der Waals surface area contributed by atoms with Crippen molar-refractivity contribution in [1.82, 2.24) is 15.5 Å². The molecule has 0 saturated carbocycles. The number of nitrogens with zero attached hydrogens (tertiary/aromatic N) is 2. The second-order valence-corrected chi connectivity index (χ2v) is 5.99. The average Bonchev–Trinajstić information content (AvgIpc) is 2.68. The van der Waals surface area contributed by atoms with Crippen LogP contribution in [-0.2, 0) is 11.3 Å². The Labute approximate surface area is 179 Å². The smallest absolute Gasteiger partial charge is 0.191 e. The molecule has 0 aromatic heterocycles. The van der Waals surface area contributed by atoms with Crippen LogP contribution in [0.2, 0.25) is 0 Å². The molecular weight excluding hydrogens is 459 g/mol. The standard InChI is InChI=1S/C19H32N4O3.HI/c1-4-20-19(21-8-9-23-10-12-25-13-11-23)22-15-16-6-7-17(26-5-2)18(14-16)24-3;/h6-7,14H,4-5,8-13,15H2,1-3H3,(H2,20,21,22);1H. The van der Waals surface area contributed by atoms with Gasteiger partial charge in [0, 0.05) is 32.7 Å². The molecular formula is C19H33IN4O3. The molecule has 0 aliphatic carbocycles. The van der Waals surface area contributed by atoms with E-state index in [1.54, 1.807) is 7.11 Å². The number of hydrogen-bond acceptors (Lipinski definition) is 5. The van der Waals surface area contributed by atoms with E-state index in [4.69, 9.17) is 14.2 Å². The Balaban J connectivity index is 0.00000364. The molecule has 0 unspecified atom stereocenters. The summed E-state index contributed by atoms with van der Waals surface area (Å²) in [4.78, 5) is 7.07. The molecule has 7 nitrogen and oxygen atoms in total. The molecule has 8 heteroatoms. The first-order chi connectivity index (χ1) is 12.8. The maximum Gasteiger partial charge on any atom is 0.191 e. The summed E-state index contributed by atoms with van der Waals surface area (Å²) in [6.45, 7) is 11.6. The zero-order valence-corrected chi connectivity index (χ0v) is 19.0. The molecule has 1 heterocycles. The number of halogens is 1. The highest BCUT2D eigenvalue weighted by atomic mass is 127. The maximum absolute atomic E-state index is 5.56. The predicted octanol–water partition coefficient (Wildman–Crippen LogP) is 2.10. The van der Waals surface area contributed by atoms with E-state index < -0.39 is 0 Å². The van der Waals surface area contributed by atoms with Crippen LogP contribution in [0.25, 0.3) is 0 Å². The van der Waals surface area contributed by atoms with Crippen molar-refractivity contribution in [2.75, 3.05) is 59.7 Å². The fourth-order valence-corrected chi connectivity index (χ4v) is 2.75. The van der Waals surface area contributed by atoms with Gasteiger partial charge >= 0.3 is 0 Å². The SMILES string of the molecule is CCNC(=NCc1ccc(OCC)c(OC)c1)NCCN1CCOCC1.I. The van der Waals surface area contributed by atoms with Crippen LogP contribution in [0.5, 0.6) is 11.5 Å². The van der Waals surface area contributed by atoms with E-state index in [2.05, 4.69) is 27.4 Å². The van der Waals surface area contributed by atoms with Gasteiger partial charge in [0.25, 0.3) is 0 Å². The Hall–Kier alpha value is -1.26. The van der Waals surface area contributed by atoms with Gasteiger partial charge in [-0.05, 0) is 31.5 Å². The molecule has 1 aromatic rings. The fraction of sp³-hybridized carbons (Fsp3) is 0.632. The number of benzene rings is 1. The van der Waals surface area contributed by atoms with E-state index in [1.807, 2.05) is 25.1 Å². The van der Waals surface area contributed by atoms with Crippen LogP contribution in [0.1, 0.15) is 19.4 Å². The van der Waals surface area contributed by atoms with Gasteiger partial charge in [-0.3, -0.25) is 4.90 Å². The average molecular weight is 492 g/mol. The summed E-state index contributed by atoms with van der Waals surface area (Å²) in [5, 5.41) is 6.69. The van der Waals surface area contributed by atoms with E-state index in [9.17, 15) is 0 Å². The molecule has 27 heavy (non-hydrogen) atoms. The molecule has 1 fully saturated rings. The quantitative estimate of drug-likeness (QED) is 0.313. The Morgan fingerprint density at radius 2 is 1.96 bits per heavy atom. The second kappa shape index (κ2) is 13.8. The van der Waals surface area contributed by atoms with Crippen LogP contribution in [0.3, 0.4) is 0 Å². The summed E-state index contributed by atoms with van der Waals surface area (Å²) in [5.41, 5.74) is 1.08. The minimum atomic E-state index is 0. The van der Waals surface area contributed by atoms with E-state index in [1.165, 1.54) is 0 Å². The van der Waals surface area contributed by atoms with Gasteiger partial charge in [0.1, 0.15) is 0 Å². The van der Waals surface area contributed by atoms with E-state index in [0.717, 1.165) is 69.0 Å². The van der Waals surface area contributed by atoms with Gasteiger partial charge in [-0.1, -0.05) is 6.07 Å². The van der Waals surface area contributed by atoms with Crippen molar-refractivity contribution in [2.24, 2.45) is 4.99 Å². The minimum absolute atomic E-state index is 0. The molecule has 0 spiro atoms. The molecule has 154 valence electrons. The molecule has 1 aromatic carbocycles. The predicted molar refractivity (Wildman–Crippen MR) is 120 cm³/mol. The summed E-state index contributed by atoms with van der Waals surface area (Å²) in [5.74, 6) is 2.33. The number of morpholine rings is 1. The van der Waals surface area contributed by atoms with Crippen molar-refractivity contribution in [3.8, 4) is 11.5 Å². The van der Waals surface area contributed by atoms with E-state index >= 15 is 0 Å². The number of ether oxygens (including phenoxy) is 3. The third-order valence-electron chi connectivity index (χ3n) is 4.12. The monoisotopic (exact) mass is 492 g/mol. The van der Waals surface area contributed by atoms with Gasteiger partial charge in [0.2, 0.25) is 0 Å². The van der Waals surface area contributed by atoms with E-state index in [-0.39, 0.29) is 24.0 Å². The molecule has 2 rings (SSSR count). The highest BCUT2D eigenvalue weighted by molar-refractivity contribution is 14.0. The number of guanidine groups is 1. The number of aliphatic imine (C=N–C) groups is 1. The van der Waals surface area contributed by atoms with Crippen molar-refractivity contribution in [3.63, 3.8) is 0 Å². The Morgan fingerprint density at radius 3 is 2.63 bits per heavy atom. The third kappa shape index (κ3) is 8.52. The van der Waals surface area contributed by atoms with Crippen LogP contribution in [0.4, 0.5) is 0 Å². The summed E-state index contributed by atoms with van der Waals surface area (Å²) in [6, 6.07) is 5.94. The molecule has 1 saturated heterocycles. The molecule has 2 N–H and O–H groups in total. The zero-order chi connectivity index (χ0) is 18.6. The van der Waals surface area contributed by atoms with Gasteiger partial charge in [-0.15, -0.1) is 24.0 Å². The lowest BCUT2D eigenvalue weighted by molar-refractivity contribution is 0.0389. The number of methoxy groups -OCH3 is 1. The highest BCUT2D eigenvalue weighted by Gasteiger charge is 2.10. The summed E-state index contributed by atoms with van der Waals surface area (Å²) < 4.78 is 16.3. The zero-order valence-electron chi connectivity index (χ0n) is 16.6. The lowest BCUT2D eigenvalue weighted by Crippen LogP contribution is -2.44. The van der Waals surface area contributed by atoms with Crippen LogP contribution in [-0.4, -0.2) is 70.5 Å². The van der Waals surface area contributed by atoms with Crippen molar-refractivity contribution in [2.45, 2.75) is 20.4 Å². The molecule has 1 aliphatic rings. The van der Waals surface area contributed by atoms with E-state index in [0.29, 0.717) is 13.2 Å². The van der Waals surface area contributed by atoms with Crippen LogP contribution in [0, 0.1) is 0 Å². The highest BCUT2D eigenvalue weighted by Crippen LogP contribution is 2.28. The van der Waals surface area contributed by atoms with Gasteiger partial charge in [0.05, 0.1) is 33.5 Å². The minimum Gasteiger partial charge on any atom is -0.493 e. The lowest BCUT2D eigenvalue weighted by atomic mass is 10.2. The molecule has 0 bridgehead atoms.